The van der Waals surface area contributed by atoms with E-state index in [0.29, 0.717) is 18.8 Å². The second-order valence-corrected chi connectivity index (χ2v) is 7.00. The molecule has 0 saturated heterocycles. The maximum atomic E-state index is 12.3. The first kappa shape index (κ1) is 20.2. The number of amides is 1. The number of esters is 1. The summed E-state index contributed by atoms with van der Waals surface area (Å²) < 4.78 is 9.51. The highest BCUT2D eigenvalue weighted by Crippen LogP contribution is 2.20. The van der Waals surface area contributed by atoms with Crippen LogP contribution in [-0.4, -0.2) is 37.5 Å². The third-order valence-electron chi connectivity index (χ3n) is 3.74. The van der Waals surface area contributed by atoms with E-state index in [1.165, 1.54) is 0 Å². The molecule has 1 N–H and O–H groups in total. The number of carbonyl (C=O) groups excluding carboxylic acids is 2. The van der Waals surface area contributed by atoms with Crippen LogP contribution in [0.25, 0.3) is 0 Å². The van der Waals surface area contributed by atoms with Crippen LogP contribution in [0.15, 0.2) is 10.7 Å². The van der Waals surface area contributed by atoms with Gasteiger partial charge in [-0.25, -0.2) is 4.79 Å². The van der Waals surface area contributed by atoms with Crippen LogP contribution in [0.1, 0.15) is 49.1 Å². The minimum atomic E-state index is -0.551. The summed E-state index contributed by atoms with van der Waals surface area (Å²) in [4.78, 5) is 24.5. The molecular weight excluding hydrogens is 402 g/mol. The SMILES string of the molecule is CCn1cc(NC(=O)CCn2nc(C)c(Br)c2C)c(C(=O)OC(C)C)n1. The van der Waals surface area contributed by atoms with Gasteiger partial charge in [-0.05, 0) is 50.5 Å². The Hall–Kier alpha value is -2.16. The molecule has 1 amide bonds. The molecule has 0 atom stereocenters. The molecule has 0 unspecified atom stereocenters. The molecule has 2 rings (SSSR count). The van der Waals surface area contributed by atoms with Crippen molar-refractivity contribution in [2.75, 3.05) is 5.32 Å². The number of aromatic nitrogens is 4. The van der Waals surface area contributed by atoms with Crippen molar-refractivity contribution in [1.82, 2.24) is 19.6 Å². The van der Waals surface area contributed by atoms with Gasteiger partial charge in [0.2, 0.25) is 5.91 Å². The van der Waals surface area contributed by atoms with Gasteiger partial charge in [-0.15, -0.1) is 0 Å². The third kappa shape index (κ3) is 4.72. The summed E-state index contributed by atoms with van der Waals surface area (Å²) in [6.45, 7) is 10.3. The summed E-state index contributed by atoms with van der Waals surface area (Å²) in [5.41, 5.74) is 2.32. The molecular formula is C17H24BrN5O3. The van der Waals surface area contributed by atoms with Crippen LogP contribution in [0.3, 0.4) is 0 Å². The van der Waals surface area contributed by atoms with Crippen LogP contribution in [0.4, 0.5) is 5.69 Å². The third-order valence-corrected chi connectivity index (χ3v) is 4.89. The summed E-state index contributed by atoms with van der Waals surface area (Å²) in [5, 5.41) is 11.3. The molecule has 0 bridgehead atoms. The van der Waals surface area contributed by atoms with E-state index < -0.39 is 5.97 Å². The van der Waals surface area contributed by atoms with Crippen molar-refractivity contribution in [1.29, 1.82) is 0 Å². The van der Waals surface area contributed by atoms with Gasteiger partial charge in [0.05, 0.1) is 28.5 Å². The quantitative estimate of drug-likeness (QED) is 0.688. The van der Waals surface area contributed by atoms with E-state index in [1.807, 2.05) is 20.8 Å². The molecule has 0 saturated carbocycles. The molecule has 2 heterocycles. The molecule has 0 aliphatic heterocycles. The number of hydrogen-bond acceptors (Lipinski definition) is 5. The molecule has 2 aromatic rings. The van der Waals surface area contributed by atoms with Gasteiger partial charge >= 0.3 is 5.97 Å². The molecule has 0 radical (unpaired) electrons. The van der Waals surface area contributed by atoms with E-state index in [-0.39, 0.29) is 24.1 Å². The van der Waals surface area contributed by atoms with Gasteiger partial charge in [-0.2, -0.15) is 10.2 Å². The summed E-state index contributed by atoms with van der Waals surface area (Å²) in [7, 11) is 0. The average molecular weight is 426 g/mol. The molecule has 2 aromatic heterocycles. The Morgan fingerprint density at radius 3 is 2.54 bits per heavy atom. The largest absolute Gasteiger partial charge is 0.458 e. The van der Waals surface area contributed by atoms with Crippen LogP contribution in [0.2, 0.25) is 0 Å². The first-order valence-electron chi connectivity index (χ1n) is 8.50. The normalized spacial score (nSPS) is 11.0. The highest BCUT2D eigenvalue weighted by Gasteiger charge is 2.21. The second kappa shape index (κ2) is 8.48. The number of carbonyl (C=O) groups is 2. The lowest BCUT2D eigenvalue weighted by molar-refractivity contribution is -0.116. The highest BCUT2D eigenvalue weighted by atomic mass is 79.9. The van der Waals surface area contributed by atoms with Gasteiger partial charge in [-0.3, -0.25) is 14.2 Å². The van der Waals surface area contributed by atoms with Crippen LogP contribution < -0.4 is 5.32 Å². The number of aryl methyl sites for hydroxylation is 3. The van der Waals surface area contributed by atoms with Gasteiger partial charge in [0, 0.05) is 24.9 Å². The van der Waals surface area contributed by atoms with E-state index in [1.54, 1.807) is 29.4 Å². The number of nitrogens with one attached hydrogen (secondary N) is 1. The minimum Gasteiger partial charge on any atom is -0.458 e. The zero-order valence-electron chi connectivity index (χ0n) is 15.7. The van der Waals surface area contributed by atoms with E-state index in [0.717, 1.165) is 15.9 Å². The number of hydrogen-bond donors (Lipinski definition) is 1. The average Bonchev–Trinajstić information content (AvgIpc) is 3.09. The van der Waals surface area contributed by atoms with Crippen molar-refractivity contribution < 1.29 is 14.3 Å². The van der Waals surface area contributed by atoms with E-state index in [4.69, 9.17) is 4.74 Å². The zero-order chi connectivity index (χ0) is 19.4. The van der Waals surface area contributed by atoms with Gasteiger partial charge in [0.15, 0.2) is 5.69 Å². The summed E-state index contributed by atoms with van der Waals surface area (Å²) >= 11 is 3.47. The van der Waals surface area contributed by atoms with E-state index in [2.05, 4.69) is 31.4 Å². The highest BCUT2D eigenvalue weighted by molar-refractivity contribution is 9.10. The summed E-state index contributed by atoms with van der Waals surface area (Å²) in [6, 6.07) is 0. The van der Waals surface area contributed by atoms with Crippen molar-refractivity contribution >= 4 is 33.5 Å². The van der Waals surface area contributed by atoms with Crippen molar-refractivity contribution in [2.45, 2.75) is 60.2 Å². The number of ether oxygens (including phenoxy) is 1. The van der Waals surface area contributed by atoms with Crippen LogP contribution in [0, 0.1) is 13.8 Å². The molecule has 0 aromatic carbocycles. The Morgan fingerprint density at radius 2 is 2.00 bits per heavy atom. The lowest BCUT2D eigenvalue weighted by atomic mass is 10.3. The standard InChI is InChI=1S/C17H24BrN5O3/c1-6-22-9-13(16(21-22)17(25)26-10(2)3)19-14(24)7-8-23-12(5)15(18)11(4)20-23/h9-10H,6-8H2,1-5H3,(H,19,24). The van der Waals surface area contributed by atoms with Gasteiger partial charge < -0.3 is 10.1 Å². The van der Waals surface area contributed by atoms with Crippen molar-refractivity contribution in [3.8, 4) is 0 Å². The molecule has 0 spiro atoms. The summed E-state index contributed by atoms with van der Waals surface area (Å²) in [5.74, 6) is -0.770. The Morgan fingerprint density at radius 1 is 1.31 bits per heavy atom. The van der Waals surface area contributed by atoms with Gasteiger partial charge in [0.25, 0.3) is 0 Å². The number of anilines is 1. The molecule has 26 heavy (non-hydrogen) atoms. The van der Waals surface area contributed by atoms with Crippen LogP contribution in [-0.2, 0) is 22.6 Å². The Bertz CT molecular complexity index is 810. The van der Waals surface area contributed by atoms with Crippen molar-refractivity contribution in [2.24, 2.45) is 0 Å². The van der Waals surface area contributed by atoms with Gasteiger partial charge in [0.1, 0.15) is 0 Å². The van der Waals surface area contributed by atoms with Crippen molar-refractivity contribution in [3.63, 3.8) is 0 Å². The van der Waals surface area contributed by atoms with Crippen LogP contribution in [0.5, 0.6) is 0 Å². The Balaban J connectivity index is 2.07. The fourth-order valence-corrected chi connectivity index (χ4v) is 2.69. The molecule has 9 heteroatoms. The van der Waals surface area contributed by atoms with Gasteiger partial charge in [-0.1, -0.05) is 0 Å². The predicted molar refractivity (Wildman–Crippen MR) is 101 cm³/mol. The van der Waals surface area contributed by atoms with E-state index >= 15 is 0 Å². The lowest BCUT2D eigenvalue weighted by Gasteiger charge is -2.08. The number of nitrogens with zero attached hydrogens (tertiary/aromatic N) is 4. The van der Waals surface area contributed by atoms with E-state index in [9.17, 15) is 9.59 Å². The smallest absolute Gasteiger partial charge is 0.361 e. The van der Waals surface area contributed by atoms with Crippen molar-refractivity contribution in [3.05, 3.63) is 27.8 Å². The molecule has 142 valence electrons. The second-order valence-electron chi connectivity index (χ2n) is 6.21. The Kier molecular flexibility index (Phi) is 6.57. The number of halogens is 1. The first-order valence-corrected chi connectivity index (χ1v) is 9.30. The number of rotatable bonds is 7. The molecule has 0 fully saturated rings. The molecule has 8 nitrogen and oxygen atoms in total. The molecule has 0 aliphatic rings. The Labute approximate surface area is 161 Å². The first-order chi connectivity index (χ1) is 12.2. The fourth-order valence-electron chi connectivity index (χ4n) is 2.41. The molecule has 0 aliphatic carbocycles. The fraction of sp³-hybridized carbons (Fsp3) is 0.529. The maximum absolute atomic E-state index is 12.3. The lowest BCUT2D eigenvalue weighted by Crippen LogP contribution is -2.18. The maximum Gasteiger partial charge on any atom is 0.361 e. The monoisotopic (exact) mass is 425 g/mol. The van der Waals surface area contributed by atoms with Crippen LogP contribution >= 0.6 is 15.9 Å². The zero-order valence-corrected chi connectivity index (χ0v) is 17.3. The minimum absolute atomic E-state index is 0.114. The topological polar surface area (TPSA) is 91.0 Å². The predicted octanol–water partition coefficient (Wildman–Crippen LogP) is 3.07. The summed E-state index contributed by atoms with van der Waals surface area (Å²) in [6.07, 6.45) is 1.60.